The lowest BCUT2D eigenvalue weighted by Crippen LogP contribution is -2.68. The molecule has 6 aromatic rings. The molecule has 63 heavy (non-hydrogen) atoms. The van der Waals surface area contributed by atoms with E-state index in [4.69, 9.17) is 46.1 Å². The van der Waals surface area contributed by atoms with Crippen molar-refractivity contribution >= 4 is 61.2 Å². The van der Waals surface area contributed by atoms with Gasteiger partial charge in [0.05, 0.1) is 26.7 Å². The molecule has 2 aromatic heterocycles. The number of nitrogens with zero attached hydrogens (tertiary/aromatic N) is 4. The lowest BCUT2D eigenvalue weighted by molar-refractivity contribution is -0.105. The number of benzene rings is 4. The van der Waals surface area contributed by atoms with Crippen molar-refractivity contribution in [1.29, 1.82) is 0 Å². The molecule has 2 N–H and O–H groups in total. The molecule has 0 spiro atoms. The van der Waals surface area contributed by atoms with E-state index in [1.807, 2.05) is 66.7 Å². The highest BCUT2D eigenvalue weighted by atomic mass is 32.1. The number of methoxy groups -OCH3 is 1. The fraction of sp³-hybridized carbons (Fsp3) is 0.347. The predicted octanol–water partition coefficient (Wildman–Crippen LogP) is 8.65. The second kappa shape index (κ2) is 19.5. The molecule has 0 radical (unpaired) electrons. The second-order valence-corrected chi connectivity index (χ2v) is 26.4. The maximum atomic E-state index is 7.79. The number of anilines is 1. The van der Waals surface area contributed by atoms with Gasteiger partial charge in [-0.05, 0) is 63.4 Å². The Kier molecular flexibility index (Phi) is 14.2. The summed E-state index contributed by atoms with van der Waals surface area (Å²) in [5, 5.41) is 1.77. The fourth-order valence-corrected chi connectivity index (χ4v) is 15.8. The van der Waals surface area contributed by atoms with Crippen LogP contribution < -0.4 is 25.6 Å². The highest BCUT2D eigenvalue weighted by Crippen LogP contribution is 2.45. The van der Waals surface area contributed by atoms with Crippen molar-refractivity contribution in [1.82, 2.24) is 19.5 Å². The molecule has 1 fully saturated rings. The van der Waals surface area contributed by atoms with E-state index in [-0.39, 0.29) is 29.3 Å². The molecule has 1 saturated heterocycles. The zero-order valence-electron chi connectivity index (χ0n) is 37.1. The monoisotopic (exact) mass is 899 g/mol. The molecule has 1 aliphatic heterocycles. The summed E-state index contributed by atoms with van der Waals surface area (Å²) < 4.78 is 42.8. The van der Waals surface area contributed by atoms with Crippen molar-refractivity contribution in [3.63, 3.8) is 0 Å². The standard InChI is InChI=1S/C49H57N5O6SSi2/c1-8-62(9-2,10-3)31-30-49(33-57-63(48(4,5)6,39-22-16-12-17-23-39)40-24-18-13-19-25-40)43(56-32-36-26-28-37(55-7)29-27-36)42(59-47(61)58-38-20-14-11-15-21-38)46(60-49)54-35-53-41-44(50)51-34-52-45(41)54/h11-29,34-35,42-43,46H,8-10,32-33H2,1-7H3,(H2,50,51,52)/t42-,43+,46-,49-/m1/s1. The summed E-state index contributed by atoms with van der Waals surface area (Å²) in [7, 11) is -3.69. The van der Waals surface area contributed by atoms with Crippen LogP contribution in [0.25, 0.3) is 11.2 Å². The van der Waals surface area contributed by atoms with Crippen molar-refractivity contribution in [2.24, 2.45) is 0 Å². The number of nitrogen functional groups attached to an aromatic ring is 1. The van der Waals surface area contributed by atoms with Crippen molar-refractivity contribution in [3.05, 3.63) is 133 Å². The minimum absolute atomic E-state index is 0.0224. The molecule has 0 amide bonds. The van der Waals surface area contributed by atoms with Gasteiger partial charge >= 0.3 is 5.24 Å². The van der Waals surface area contributed by atoms with E-state index in [9.17, 15) is 0 Å². The van der Waals surface area contributed by atoms with E-state index in [0.717, 1.165) is 39.8 Å². The number of nitrogens with two attached hydrogens (primary N) is 1. The molecule has 0 bridgehead atoms. The molecule has 4 atom stereocenters. The number of para-hydroxylation sites is 1. The van der Waals surface area contributed by atoms with E-state index >= 15 is 0 Å². The first-order chi connectivity index (χ1) is 30.4. The van der Waals surface area contributed by atoms with Crippen molar-refractivity contribution in [2.45, 2.75) is 95.4 Å². The molecule has 3 heterocycles. The molecule has 328 valence electrons. The third-order valence-electron chi connectivity index (χ3n) is 12.3. The number of thiocarbonyl (C=S) groups is 1. The molecule has 4 aromatic carbocycles. The van der Waals surface area contributed by atoms with Crippen LogP contribution in [0.3, 0.4) is 0 Å². The molecule has 7 rings (SSSR count). The zero-order chi connectivity index (χ0) is 44.7. The molecule has 0 unspecified atom stereocenters. The summed E-state index contributed by atoms with van der Waals surface area (Å²) in [5.74, 6) is 5.30. The van der Waals surface area contributed by atoms with Gasteiger partial charge in [0.25, 0.3) is 8.32 Å². The Morgan fingerprint density at radius 1 is 0.825 bits per heavy atom. The van der Waals surface area contributed by atoms with Crippen LogP contribution in [0.15, 0.2) is 128 Å². The van der Waals surface area contributed by atoms with Gasteiger partial charge in [-0.3, -0.25) is 4.57 Å². The van der Waals surface area contributed by atoms with E-state index in [0.29, 0.717) is 16.9 Å². The van der Waals surface area contributed by atoms with E-state index in [1.54, 1.807) is 18.0 Å². The van der Waals surface area contributed by atoms with Crippen LogP contribution in [-0.4, -0.2) is 72.7 Å². The Morgan fingerprint density at radius 2 is 1.43 bits per heavy atom. The minimum atomic E-state index is -3.19. The summed E-state index contributed by atoms with van der Waals surface area (Å²) in [4.78, 5) is 13.5. The zero-order valence-corrected chi connectivity index (χ0v) is 39.9. The summed E-state index contributed by atoms with van der Waals surface area (Å²) >= 11 is 5.89. The summed E-state index contributed by atoms with van der Waals surface area (Å²) in [6.07, 6.45) is 0.200. The Hall–Kier alpha value is -5.41. The predicted molar refractivity (Wildman–Crippen MR) is 257 cm³/mol. The van der Waals surface area contributed by atoms with Gasteiger partial charge in [-0.2, -0.15) is 0 Å². The Bertz CT molecular complexity index is 2460. The van der Waals surface area contributed by atoms with Crippen LogP contribution >= 0.6 is 12.2 Å². The largest absolute Gasteiger partial charge is 0.497 e. The SMILES string of the molecule is CC[Si](C#C[C@]1(CO[Si](c2ccccc2)(c2ccccc2)C(C)(C)C)O[C@@H](n2cnc3c(N)ncnc32)[C@H](OC(=S)Oc2ccccc2)[C@@H]1OCc1ccc(OC)cc1)(CC)CC. The van der Waals surface area contributed by atoms with Crippen LogP contribution in [0.1, 0.15) is 53.3 Å². The maximum absolute atomic E-state index is 7.79. The van der Waals surface area contributed by atoms with Crippen LogP contribution in [0.4, 0.5) is 5.82 Å². The third-order valence-corrected chi connectivity index (χ3v) is 22.2. The average molecular weight is 900 g/mol. The van der Waals surface area contributed by atoms with E-state index in [2.05, 4.69) is 116 Å². The first-order valence-electron chi connectivity index (χ1n) is 21.5. The average Bonchev–Trinajstić information content (AvgIpc) is 3.87. The molecule has 1 aliphatic rings. The first-order valence-corrected chi connectivity index (χ1v) is 26.4. The van der Waals surface area contributed by atoms with Crippen molar-refractivity contribution in [2.75, 3.05) is 19.5 Å². The number of hydrogen-bond acceptors (Lipinski definition) is 11. The summed E-state index contributed by atoms with van der Waals surface area (Å²) in [6.45, 7) is 13.7. The molecule has 0 saturated carbocycles. The smallest absolute Gasteiger partial charge is 0.358 e. The molecular weight excluding hydrogens is 843 g/mol. The van der Waals surface area contributed by atoms with Gasteiger partial charge in [0.2, 0.25) is 0 Å². The molecule has 14 heteroatoms. The summed E-state index contributed by atoms with van der Waals surface area (Å²) in [5.41, 5.74) is 10.6. The Labute approximate surface area is 378 Å². The van der Waals surface area contributed by atoms with Gasteiger partial charge in [0.1, 0.15) is 37.5 Å². The normalized spacial score (nSPS) is 19.0. The van der Waals surface area contributed by atoms with E-state index < -0.39 is 40.4 Å². The van der Waals surface area contributed by atoms with Crippen LogP contribution in [0, 0.1) is 11.5 Å². The van der Waals surface area contributed by atoms with Gasteiger partial charge in [-0.15, -0.1) is 5.54 Å². The number of imidazole rings is 1. The Balaban J connectivity index is 1.46. The molecule has 11 nitrogen and oxygen atoms in total. The van der Waals surface area contributed by atoms with Gasteiger partial charge in [-0.1, -0.05) is 138 Å². The second-order valence-electron chi connectivity index (χ2n) is 16.9. The number of fused-ring (bicyclic) bond motifs is 1. The van der Waals surface area contributed by atoms with Gasteiger partial charge in [0, 0.05) is 12.2 Å². The molecule has 0 aliphatic carbocycles. The van der Waals surface area contributed by atoms with Crippen molar-refractivity contribution < 1.29 is 28.1 Å². The highest BCUT2D eigenvalue weighted by Gasteiger charge is 2.61. The van der Waals surface area contributed by atoms with E-state index in [1.165, 1.54) is 6.33 Å². The number of rotatable bonds is 15. The third kappa shape index (κ3) is 9.45. The topological polar surface area (TPSA) is 125 Å². The first kappa shape index (κ1) is 45.6. The van der Waals surface area contributed by atoms with Gasteiger partial charge < -0.3 is 33.8 Å². The number of ether oxygens (including phenoxy) is 5. The van der Waals surface area contributed by atoms with Crippen molar-refractivity contribution in [3.8, 4) is 23.0 Å². The highest BCUT2D eigenvalue weighted by molar-refractivity contribution is 7.79. The van der Waals surface area contributed by atoms with Gasteiger partial charge in [0.15, 0.2) is 29.4 Å². The summed E-state index contributed by atoms with van der Waals surface area (Å²) in [6, 6.07) is 41.0. The van der Waals surface area contributed by atoms with Crippen LogP contribution in [0.2, 0.25) is 23.2 Å². The lowest BCUT2D eigenvalue weighted by Gasteiger charge is -2.45. The number of hydrogen-bond donors (Lipinski definition) is 1. The minimum Gasteiger partial charge on any atom is -0.497 e. The lowest BCUT2D eigenvalue weighted by atomic mass is 9.96. The molecular formula is C49H57N5O6SSi2. The maximum Gasteiger partial charge on any atom is 0.358 e. The Morgan fingerprint density at radius 3 is 2.00 bits per heavy atom. The van der Waals surface area contributed by atoms with Gasteiger partial charge in [-0.25, -0.2) is 15.0 Å². The number of aromatic nitrogens is 4. The van der Waals surface area contributed by atoms with Crippen LogP contribution in [0.5, 0.6) is 11.5 Å². The fourth-order valence-electron chi connectivity index (χ4n) is 8.50. The quantitative estimate of drug-likeness (QED) is 0.0605. The van der Waals surface area contributed by atoms with Crippen LogP contribution in [-0.2, 0) is 25.2 Å².